The van der Waals surface area contributed by atoms with Gasteiger partial charge in [0, 0.05) is 24.8 Å². The molecular formula is C17H22O5. The molecular weight excluding hydrogens is 284 g/mol. The SMILES string of the molecule is C=C1C(=O)CCC(C)=CC2OC(=O)C(C)C2CC1OC(C)=O. The van der Waals surface area contributed by atoms with E-state index in [9.17, 15) is 14.4 Å². The number of allylic oxidation sites excluding steroid dienone is 1. The van der Waals surface area contributed by atoms with Crippen molar-refractivity contribution in [2.75, 3.05) is 0 Å². The highest BCUT2D eigenvalue weighted by Gasteiger charge is 2.43. The molecule has 1 aliphatic carbocycles. The van der Waals surface area contributed by atoms with E-state index in [1.807, 2.05) is 13.0 Å². The lowest BCUT2D eigenvalue weighted by Crippen LogP contribution is -2.31. The topological polar surface area (TPSA) is 69.7 Å². The number of esters is 2. The Bertz CT molecular complexity index is 545. The molecule has 1 heterocycles. The van der Waals surface area contributed by atoms with Crippen LogP contribution < -0.4 is 0 Å². The van der Waals surface area contributed by atoms with Crippen molar-refractivity contribution in [3.8, 4) is 0 Å². The number of ketones is 1. The summed E-state index contributed by atoms with van der Waals surface area (Å²) in [5.41, 5.74) is 1.32. The number of hydrogen-bond acceptors (Lipinski definition) is 5. The lowest BCUT2D eigenvalue weighted by molar-refractivity contribution is -0.146. The number of carbonyl (C=O) groups is 3. The maximum atomic E-state index is 12.2. The Balaban J connectivity index is 2.34. The van der Waals surface area contributed by atoms with Crippen LogP contribution in [0.5, 0.6) is 0 Å². The minimum Gasteiger partial charge on any atom is -0.458 e. The van der Waals surface area contributed by atoms with Gasteiger partial charge in [0.1, 0.15) is 12.2 Å². The second-order valence-electron chi connectivity index (χ2n) is 6.15. The highest BCUT2D eigenvalue weighted by Crippen LogP contribution is 2.36. The number of hydrogen-bond donors (Lipinski definition) is 0. The maximum Gasteiger partial charge on any atom is 0.309 e. The Hall–Kier alpha value is -1.91. The molecule has 5 nitrogen and oxygen atoms in total. The number of Topliss-reactive ketones (excluding diaryl/α,β-unsaturated/α-hetero) is 1. The van der Waals surface area contributed by atoms with E-state index in [-0.39, 0.29) is 29.7 Å². The van der Waals surface area contributed by atoms with Crippen LogP contribution in [0.15, 0.2) is 23.8 Å². The van der Waals surface area contributed by atoms with Gasteiger partial charge in [0.25, 0.3) is 0 Å². The zero-order chi connectivity index (χ0) is 16.4. The van der Waals surface area contributed by atoms with E-state index in [0.717, 1.165) is 5.57 Å². The summed E-state index contributed by atoms with van der Waals surface area (Å²) in [4.78, 5) is 35.4. The first-order valence-corrected chi connectivity index (χ1v) is 7.56. The molecule has 0 aromatic carbocycles. The van der Waals surface area contributed by atoms with Crippen molar-refractivity contribution in [2.45, 2.75) is 52.2 Å². The zero-order valence-electron chi connectivity index (χ0n) is 13.3. The number of carbonyl (C=O) groups excluding carboxylic acids is 3. The molecule has 0 saturated carbocycles. The standard InChI is InChI=1S/C17H22O5/c1-9-5-6-14(19)11(3)15(21-12(4)18)8-13-10(2)17(20)22-16(13)7-9/h7,10,13,15-16H,3,5-6,8H2,1-2,4H3. The summed E-state index contributed by atoms with van der Waals surface area (Å²) in [5, 5.41) is 0. The normalized spacial score (nSPS) is 32.9. The van der Waals surface area contributed by atoms with Crippen molar-refractivity contribution in [1.29, 1.82) is 0 Å². The molecule has 2 rings (SSSR count). The van der Waals surface area contributed by atoms with Crippen molar-refractivity contribution in [3.63, 3.8) is 0 Å². The molecule has 5 heteroatoms. The fraction of sp³-hybridized carbons (Fsp3) is 0.588. The monoisotopic (exact) mass is 306 g/mol. The van der Waals surface area contributed by atoms with Gasteiger partial charge in [-0.3, -0.25) is 14.4 Å². The summed E-state index contributed by atoms with van der Waals surface area (Å²) in [6.07, 6.45) is 2.16. The van der Waals surface area contributed by atoms with Crippen LogP contribution in [-0.2, 0) is 23.9 Å². The summed E-state index contributed by atoms with van der Waals surface area (Å²) < 4.78 is 10.7. The van der Waals surface area contributed by atoms with Crippen LogP contribution in [0.4, 0.5) is 0 Å². The molecule has 0 amide bonds. The average molecular weight is 306 g/mol. The van der Waals surface area contributed by atoms with Gasteiger partial charge in [-0.05, 0) is 25.8 Å². The minimum atomic E-state index is -0.693. The highest BCUT2D eigenvalue weighted by atomic mass is 16.6. The predicted molar refractivity (Wildman–Crippen MR) is 79.8 cm³/mol. The van der Waals surface area contributed by atoms with Gasteiger partial charge < -0.3 is 9.47 Å². The molecule has 2 aliphatic rings. The molecule has 0 aromatic rings. The fourth-order valence-corrected chi connectivity index (χ4v) is 3.01. The first-order chi connectivity index (χ1) is 10.3. The smallest absolute Gasteiger partial charge is 0.309 e. The first kappa shape index (κ1) is 16.5. The van der Waals surface area contributed by atoms with E-state index in [2.05, 4.69) is 6.58 Å². The summed E-state index contributed by atoms with van der Waals surface area (Å²) in [6, 6.07) is 0. The van der Waals surface area contributed by atoms with Gasteiger partial charge >= 0.3 is 11.9 Å². The van der Waals surface area contributed by atoms with E-state index in [1.165, 1.54) is 6.92 Å². The van der Waals surface area contributed by atoms with Gasteiger partial charge in [-0.1, -0.05) is 19.1 Å². The van der Waals surface area contributed by atoms with Crippen molar-refractivity contribution < 1.29 is 23.9 Å². The molecule has 0 spiro atoms. The molecule has 1 aliphatic heterocycles. The molecule has 0 bridgehead atoms. The highest BCUT2D eigenvalue weighted by molar-refractivity contribution is 5.96. The lowest BCUT2D eigenvalue weighted by Gasteiger charge is -2.26. The van der Waals surface area contributed by atoms with E-state index >= 15 is 0 Å². The largest absolute Gasteiger partial charge is 0.458 e. The Morgan fingerprint density at radius 3 is 2.68 bits per heavy atom. The average Bonchev–Trinajstić information content (AvgIpc) is 2.69. The third-order valence-corrected chi connectivity index (χ3v) is 4.42. The number of ether oxygens (including phenoxy) is 2. The Morgan fingerprint density at radius 1 is 1.36 bits per heavy atom. The van der Waals surface area contributed by atoms with E-state index in [0.29, 0.717) is 24.8 Å². The lowest BCUT2D eigenvalue weighted by atomic mass is 9.82. The van der Waals surface area contributed by atoms with Gasteiger partial charge in [0.2, 0.25) is 0 Å². The first-order valence-electron chi connectivity index (χ1n) is 7.56. The van der Waals surface area contributed by atoms with E-state index < -0.39 is 12.1 Å². The summed E-state index contributed by atoms with van der Waals surface area (Å²) >= 11 is 0. The maximum absolute atomic E-state index is 12.2. The molecule has 4 unspecified atom stereocenters. The molecule has 4 atom stereocenters. The van der Waals surface area contributed by atoms with Crippen LogP contribution in [-0.4, -0.2) is 29.9 Å². The van der Waals surface area contributed by atoms with Crippen LogP contribution in [0.3, 0.4) is 0 Å². The number of rotatable bonds is 1. The summed E-state index contributed by atoms with van der Waals surface area (Å²) in [7, 11) is 0. The third kappa shape index (κ3) is 3.46. The Morgan fingerprint density at radius 2 is 2.05 bits per heavy atom. The van der Waals surface area contributed by atoms with E-state index in [1.54, 1.807) is 6.92 Å². The molecule has 22 heavy (non-hydrogen) atoms. The quantitative estimate of drug-likeness (QED) is 0.422. The third-order valence-electron chi connectivity index (χ3n) is 4.42. The van der Waals surface area contributed by atoms with Crippen LogP contribution in [0, 0.1) is 11.8 Å². The summed E-state index contributed by atoms with van der Waals surface area (Å²) in [6.45, 7) is 8.85. The minimum absolute atomic E-state index is 0.102. The molecule has 0 N–H and O–H groups in total. The van der Waals surface area contributed by atoms with Crippen LogP contribution in [0.1, 0.15) is 40.0 Å². The molecule has 0 radical (unpaired) electrons. The van der Waals surface area contributed by atoms with Gasteiger partial charge in [-0.25, -0.2) is 0 Å². The Labute approximate surface area is 130 Å². The van der Waals surface area contributed by atoms with Crippen molar-refractivity contribution >= 4 is 17.7 Å². The van der Waals surface area contributed by atoms with Crippen molar-refractivity contribution in [3.05, 3.63) is 23.8 Å². The van der Waals surface area contributed by atoms with Gasteiger partial charge in [0.05, 0.1) is 5.92 Å². The second-order valence-corrected chi connectivity index (χ2v) is 6.15. The second kappa shape index (κ2) is 6.46. The number of fused-ring (bicyclic) bond motifs is 1. The van der Waals surface area contributed by atoms with E-state index in [4.69, 9.17) is 9.47 Å². The Kier molecular flexibility index (Phi) is 4.84. The molecule has 1 saturated heterocycles. The van der Waals surface area contributed by atoms with Gasteiger partial charge in [-0.15, -0.1) is 0 Å². The molecule has 0 aromatic heterocycles. The fourth-order valence-electron chi connectivity index (χ4n) is 3.01. The zero-order valence-corrected chi connectivity index (χ0v) is 13.3. The van der Waals surface area contributed by atoms with Crippen molar-refractivity contribution in [2.24, 2.45) is 11.8 Å². The van der Waals surface area contributed by atoms with Crippen LogP contribution in [0.25, 0.3) is 0 Å². The molecule has 1 fully saturated rings. The van der Waals surface area contributed by atoms with Gasteiger partial charge in [-0.2, -0.15) is 0 Å². The summed E-state index contributed by atoms with van der Waals surface area (Å²) in [5.74, 6) is -1.24. The van der Waals surface area contributed by atoms with Crippen LogP contribution in [0.2, 0.25) is 0 Å². The molecule has 120 valence electrons. The predicted octanol–water partition coefficient (Wildman–Crippen LogP) is 2.35. The van der Waals surface area contributed by atoms with Gasteiger partial charge in [0.15, 0.2) is 5.78 Å². The van der Waals surface area contributed by atoms with Crippen molar-refractivity contribution in [1.82, 2.24) is 0 Å². The van der Waals surface area contributed by atoms with Crippen LogP contribution >= 0.6 is 0 Å².